The van der Waals surface area contributed by atoms with Crippen molar-refractivity contribution in [1.82, 2.24) is 9.80 Å². The summed E-state index contributed by atoms with van der Waals surface area (Å²) in [6.07, 6.45) is 52.5. The Morgan fingerprint density at radius 1 is 0.318 bits per heavy atom. The van der Waals surface area contributed by atoms with Crippen LogP contribution in [0.5, 0.6) is 17.2 Å². The SMILES string of the molecule is CCCCCCCCCCCOc1ccc(-c2ccc(CCC(=O)OC(CCCCCCCCCC)N3CC(CC)C(CC)C3)cc2)cc1.CCCCCCCCCCCOc1ccc(-c2ccc(CCC(=O)Oc3ccc(C(=O)OC(CCCCCCCCCC)N4CC(CC)C(CC)C4)cc3)cc2)cc1. The number of unbranched alkanes of at least 4 members (excludes halogenated alkanes) is 30. The van der Waals surface area contributed by atoms with Gasteiger partial charge in [-0.05, 0) is 157 Å². The van der Waals surface area contributed by atoms with Crippen molar-refractivity contribution >= 4 is 17.9 Å². The first kappa shape index (κ1) is 89.9. The van der Waals surface area contributed by atoms with E-state index in [4.69, 9.17) is 23.7 Å². The Bertz CT molecular complexity index is 3010. The van der Waals surface area contributed by atoms with Crippen LogP contribution in [0.25, 0.3) is 22.3 Å². The van der Waals surface area contributed by atoms with Gasteiger partial charge in [-0.15, -0.1) is 0 Å². The molecular weight excluding hydrogens is 1320 g/mol. The third-order valence-corrected chi connectivity index (χ3v) is 23.1. The van der Waals surface area contributed by atoms with E-state index < -0.39 is 0 Å². The van der Waals surface area contributed by atoms with Gasteiger partial charge in [0.15, 0.2) is 12.5 Å². The van der Waals surface area contributed by atoms with Gasteiger partial charge >= 0.3 is 17.9 Å². The number of hydrogen-bond acceptors (Lipinski definition) is 10. The normalized spacial score (nSPS) is 16.4. The van der Waals surface area contributed by atoms with Crippen LogP contribution in [0.15, 0.2) is 121 Å². The minimum Gasteiger partial charge on any atom is -0.494 e. The van der Waals surface area contributed by atoms with Crippen molar-refractivity contribution in [3.05, 3.63) is 138 Å². The molecule has 0 radical (unpaired) electrons. The molecule has 0 spiro atoms. The number of likely N-dealkylation sites (tertiary alicyclic amines) is 2. The highest BCUT2D eigenvalue weighted by Gasteiger charge is 2.37. The Hall–Kier alpha value is -5.97. The summed E-state index contributed by atoms with van der Waals surface area (Å²) in [6.45, 7) is 23.9. The van der Waals surface area contributed by atoms with Gasteiger partial charge in [-0.2, -0.15) is 0 Å². The number of benzene rings is 5. The van der Waals surface area contributed by atoms with E-state index in [-0.39, 0.29) is 36.8 Å². The van der Waals surface area contributed by atoms with Crippen LogP contribution in [-0.4, -0.2) is 79.6 Å². The summed E-state index contributed by atoms with van der Waals surface area (Å²) in [7, 11) is 0. The van der Waals surface area contributed by atoms with Crippen LogP contribution in [0.3, 0.4) is 0 Å². The molecule has 6 unspecified atom stereocenters. The van der Waals surface area contributed by atoms with Gasteiger partial charge < -0.3 is 23.7 Å². The largest absolute Gasteiger partial charge is 0.494 e. The zero-order valence-corrected chi connectivity index (χ0v) is 69.0. The van der Waals surface area contributed by atoms with Crippen LogP contribution in [0.2, 0.25) is 0 Å². The standard InChI is InChI=1S/C52H77NO5.C45H73NO3/c1-5-9-11-13-15-17-19-21-23-39-56-48-34-30-46(31-35-48)45-28-25-42(26-29-45)27-38-51(54)57-49-36-32-47(33-37-49)52(55)58-50(24-22-20-18-16-14-12-10-6-2)53-40-43(7-3)44(8-4)41-53;1-5-9-11-13-15-17-19-21-23-35-48-43-32-30-42(31-33-43)41-28-25-38(26-29-41)27-34-45(47)49-44(24-22-20-18-16-14-12-10-6-2)46-36-39(7-3)40(8-4)37-46/h25-26,28-37,43-44,50H,5-24,27,38-41H2,1-4H3;25-26,28-33,39-40,44H,5-24,27,34-37H2,1-4H3. The number of esters is 3. The van der Waals surface area contributed by atoms with Crippen molar-refractivity contribution in [2.75, 3.05) is 39.4 Å². The van der Waals surface area contributed by atoms with E-state index in [9.17, 15) is 14.4 Å². The van der Waals surface area contributed by atoms with Gasteiger partial charge in [0.25, 0.3) is 0 Å². The Morgan fingerprint density at radius 3 is 0.925 bits per heavy atom. The molecule has 2 aliphatic rings. The quantitative estimate of drug-likeness (QED) is 0.0212. The molecule has 0 aromatic heterocycles. The lowest BCUT2D eigenvalue weighted by Crippen LogP contribution is -2.37. The Labute approximate surface area is 653 Å². The maximum Gasteiger partial charge on any atom is 0.339 e. The van der Waals surface area contributed by atoms with Gasteiger partial charge in [0.1, 0.15) is 17.2 Å². The lowest BCUT2D eigenvalue weighted by Gasteiger charge is -2.28. The van der Waals surface area contributed by atoms with E-state index in [1.54, 1.807) is 24.3 Å². The molecule has 5 aromatic carbocycles. The van der Waals surface area contributed by atoms with Gasteiger partial charge in [-0.3, -0.25) is 19.4 Å². The van der Waals surface area contributed by atoms with Crippen LogP contribution in [0, 0.1) is 23.7 Å². The molecule has 0 N–H and O–H groups in total. The summed E-state index contributed by atoms with van der Waals surface area (Å²) in [5.74, 6) is 4.38. The highest BCUT2D eigenvalue weighted by molar-refractivity contribution is 5.89. The second kappa shape index (κ2) is 56.3. The van der Waals surface area contributed by atoms with E-state index in [0.717, 1.165) is 131 Å². The summed E-state index contributed by atoms with van der Waals surface area (Å²) >= 11 is 0. The number of nitrogens with zero attached hydrogens (tertiary/aromatic N) is 2. The van der Waals surface area contributed by atoms with Gasteiger partial charge in [0.2, 0.25) is 0 Å². The maximum absolute atomic E-state index is 13.4. The summed E-state index contributed by atoms with van der Waals surface area (Å²) in [5, 5.41) is 0. The highest BCUT2D eigenvalue weighted by atomic mass is 16.6. The van der Waals surface area contributed by atoms with Crippen molar-refractivity contribution < 1.29 is 38.1 Å². The molecule has 2 saturated heterocycles. The number of rotatable bonds is 58. The molecule has 10 nitrogen and oxygen atoms in total. The highest BCUT2D eigenvalue weighted by Crippen LogP contribution is 2.35. The summed E-state index contributed by atoms with van der Waals surface area (Å²) < 4.78 is 30.1. The molecule has 6 atom stereocenters. The molecule has 107 heavy (non-hydrogen) atoms. The van der Waals surface area contributed by atoms with Crippen LogP contribution in [-0.2, 0) is 31.9 Å². The fourth-order valence-corrected chi connectivity index (χ4v) is 16.0. The minimum atomic E-state index is -0.312. The number of aryl methyl sites for hydroxylation is 2. The van der Waals surface area contributed by atoms with E-state index in [1.165, 1.54) is 222 Å². The van der Waals surface area contributed by atoms with Gasteiger partial charge in [0, 0.05) is 39.0 Å². The molecule has 5 aromatic rings. The monoisotopic (exact) mass is 1470 g/mol. The predicted octanol–water partition coefficient (Wildman–Crippen LogP) is 27.1. The Kier molecular flexibility index (Phi) is 47.3. The van der Waals surface area contributed by atoms with Crippen LogP contribution >= 0.6 is 0 Å². The zero-order valence-electron chi connectivity index (χ0n) is 69.0. The second-order valence-corrected chi connectivity index (χ2v) is 31.7. The van der Waals surface area contributed by atoms with Crippen LogP contribution in [0.1, 0.15) is 347 Å². The third kappa shape index (κ3) is 36.6. The minimum absolute atomic E-state index is 0.0559. The van der Waals surface area contributed by atoms with E-state index in [1.807, 2.05) is 0 Å². The molecule has 10 heteroatoms. The third-order valence-electron chi connectivity index (χ3n) is 23.1. The van der Waals surface area contributed by atoms with E-state index in [0.29, 0.717) is 42.4 Å². The first-order valence-electron chi connectivity index (χ1n) is 44.3. The number of hydrogen-bond donors (Lipinski definition) is 0. The summed E-state index contributed by atoms with van der Waals surface area (Å²) in [6, 6.07) is 40.6. The number of carbonyl (C=O) groups excluding carboxylic acids is 3. The van der Waals surface area contributed by atoms with Gasteiger partial charge in [-0.25, -0.2) is 4.79 Å². The molecule has 0 amide bonds. The molecule has 0 bridgehead atoms. The van der Waals surface area contributed by atoms with E-state index >= 15 is 0 Å². The summed E-state index contributed by atoms with van der Waals surface area (Å²) in [4.78, 5) is 44.3. The van der Waals surface area contributed by atoms with Crippen molar-refractivity contribution in [3.63, 3.8) is 0 Å². The molecular formula is C97H150N2O8. The van der Waals surface area contributed by atoms with Gasteiger partial charge in [0.05, 0.1) is 18.8 Å². The molecule has 596 valence electrons. The summed E-state index contributed by atoms with van der Waals surface area (Å²) in [5.41, 5.74) is 7.38. The first-order valence-corrected chi connectivity index (χ1v) is 44.3. The topological polar surface area (TPSA) is 104 Å². The lowest BCUT2D eigenvalue weighted by atomic mass is 9.92. The van der Waals surface area contributed by atoms with Crippen LogP contribution in [0.4, 0.5) is 0 Å². The molecule has 2 aliphatic heterocycles. The fraction of sp³-hybridized carbons (Fsp3) is 0.660. The molecule has 2 fully saturated rings. The fourth-order valence-electron chi connectivity index (χ4n) is 16.0. The zero-order chi connectivity index (χ0) is 76.2. The van der Waals surface area contributed by atoms with Crippen molar-refractivity contribution in [2.24, 2.45) is 23.7 Å². The Morgan fingerprint density at radius 2 is 0.598 bits per heavy atom. The van der Waals surface area contributed by atoms with E-state index in [2.05, 4.69) is 162 Å². The number of ether oxygens (including phenoxy) is 5. The molecule has 0 aliphatic carbocycles. The van der Waals surface area contributed by atoms with Crippen LogP contribution < -0.4 is 14.2 Å². The maximum atomic E-state index is 13.4. The average Bonchev–Trinajstić information content (AvgIpc) is 1.71. The lowest BCUT2D eigenvalue weighted by molar-refractivity contribution is -0.159. The Balaban J connectivity index is 0.000000340. The molecule has 0 saturated carbocycles. The number of carbonyl (C=O) groups is 3. The van der Waals surface area contributed by atoms with Crippen molar-refractivity contribution in [3.8, 4) is 39.5 Å². The molecule has 2 heterocycles. The average molecular weight is 1470 g/mol. The first-order chi connectivity index (χ1) is 52.5. The molecule has 7 rings (SSSR count). The van der Waals surface area contributed by atoms with Crippen molar-refractivity contribution in [1.29, 1.82) is 0 Å². The second-order valence-electron chi connectivity index (χ2n) is 31.7. The van der Waals surface area contributed by atoms with Crippen molar-refractivity contribution in [2.45, 2.75) is 350 Å². The predicted molar refractivity (Wildman–Crippen MR) is 450 cm³/mol. The van der Waals surface area contributed by atoms with Gasteiger partial charge in [-0.1, -0.05) is 346 Å². The smallest absolute Gasteiger partial charge is 0.339 e.